The first-order chi connectivity index (χ1) is 12.7. The highest BCUT2D eigenvalue weighted by molar-refractivity contribution is 5.92. The van der Waals surface area contributed by atoms with E-state index in [-0.39, 0.29) is 0 Å². The van der Waals surface area contributed by atoms with Gasteiger partial charge in [0.2, 0.25) is 0 Å². The fourth-order valence-corrected chi connectivity index (χ4v) is 4.20. The fourth-order valence-electron chi connectivity index (χ4n) is 4.20. The molecule has 0 bridgehead atoms. The van der Waals surface area contributed by atoms with Crippen LogP contribution in [0.5, 0.6) is 0 Å². The molecule has 0 aliphatic heterocycles. The molecule has 3 aromatic carbocycles. The zero-order valence-corrected chi connectivity index (χ0v) is 15.3. The molecule has 0 N–H and O–H groups in total. The number of allylic oxidation sites excluding steroid dienone is 2. The van der Waals surface area contributed by atoms with Crippen molar-refractivity contribution in [3.8, 4) is 0 Å². The van der Waals surface area contributed by atoms with Crippen LogP contribution in [0.3, 0.4) is 0 Å². The lowest BCUT2D eigenvalue weighted by molar-refractivity contribution is 1.28. The molecule has 0 heteroatoms. The van der Waals surface area contributed by atoms with Gasteiger partial charge < -0.3 is 0 Å². The Morgan fingerprint density at radius 3 is 1.58 bits per heavy atom. The standard InChI is InChI=1S/C26H22/c1-17-6-8-21-13-25(15-23(21)10-17)19-4-3-5-20(12-19)26-14-22-9-7-18(2)11-24(22)16-26/h3-12,15-16H,13-14H2,1-2H3. The molecule has 3 aromatic rings. The third-order valence-corrected chi connectivity index (χ3v) is 5.63. The van der Waals surface area contributed by atoms with Crippen LogP contribution in [0.1, 0.15) is 44.5 Å². The van der Waals surface area contributed by atoms with Gasteiger partial charge in [-0.3, -0.25) is 0 Å². The Labute approximate surface area is 155 Å². The van der Waals surface area contributed by atoms with Crippen molar-refractivity contribution in [2.45, 2.75) is 26.7 Å². The van der Waals surface area contributed by atoms with Crippen LogP contribution in [-0.2, 0) is 12.8 Å². The van der Waals surface area contributed by atoms with Crippen molar-refractivity contribution < 1.29 is 0 Å². The van der Waals surface area contributed by atoms with Crippen LogP contribution in [0.25, 0.3) is 23.3 Å². The van der Waals surface area contributed by atoms with Crippen molar-refractivity contribution in [2.75, 3.05) is 0 Å². The van der Waals surface area contributed by atoms with Crippen molar-refractivity contribution in [1.82, 2.24) is 0 Å². The van der Waals surface area contributed by atoms with E-state index in [2.05, 4.69) is 86.7 Å². The Morgan fingerprint density at radius 1 is 0.577 bits per heavy atom. The van der Waals surface area contributed by atoms with Gasteiger partial charge in [0.15, 0.2) is 0 Å². The van der Waals surface area contributed by atoms with E-state index in [0.717, 1.165) is 12.8 Å². The van der Waals surface area contributed by atoms with Gasteiger partial charge in [0.1, 0.15) is 0 Å². The third kappa shape index (κ3) is 2.63. The predicted molar refractivity (Wildman–Crippen MR) is 112 cm³/mol. The van der Waals surface area contributed by atoms with Gasteiger partial charge in [-0.15, -0.1) is 0 Å². The second kappa shape index (κ2) is 5.85. The monoisotopic (exact) mass is 334 g/mol. The van der Waals surface area contributed by atoms with Gasteiger partial charge in [0.05, 0.1) is 0 Å². The van der Waals surface area contributed by atoms with Gasteiger partial charge in [-0.2, -0.15) is 0 Å². The Hall–Kier alpha value is -2.86. The molecular formula is C26H22. The third-order valence-electron chi connectivity index (χ3n) is 5.63. The van der Waals surface area contributed by atoms with Gasteiger partial charge >= 0.3 is 0 Å². The quantitative estimate of drug-likeness (QED) is 0.502. The van der Waals surface area contributed by atoms with Crippen molar-refractivity contribution in [1.29, 1.82) is 0 Å². The topological polar surface area (TPSA) is 0 Å². The van der Waals surface area contributed by atoms with E-state index in [1.807, 2.05) is 0 Å². The molecule has 0 heterocycles. The van der Waals surface area contributed by atoms with Crippen molar-refractivity contribution in [2.24, 2.45) is 0 Å². The number of benzene rings is 3. The maximum absolute atomic E-state index is 2.37. The van der Waals surface area contributed by atoms with Crippen LogP contribution in [0.15, 0.2) is 60.7 Å². The summed E-state index contributed by atoms with van der Waals surface area (Å²) in [6.45, 7) is 4.33. The van der Waals surface area contributed by atoms with Crippen LogP contribution in [0.4, 0.5) is 0 Å². The summed E-state index contributed by atoms with van der Waals surface area (Å²) in [6.07, 6.45) is 6.81. The molecule has 0 atom stereocenters. The largest absolute Gasteiger partial charge is 0.0611 e. The molecule has 0 saturated heterocycles. The average molecular weight is 334 g/mol. The Kier molecular flexibility index (Phi) is 3.46. The summed E-state index contributed by atoms with van der Waals surface area (Å²) in [7, 11) is 0. The van der Waals surface area contributed by atoms with E-state index in [0.29, 0.717) is 0 Å². The molecule has 0 radical (unpaired) electrons. The van der Waals surface area contributed by atoms with Gasteiger partial charge in [-0.05, 0) is 77.3 Å². The molecule has 0 aromatic heterocycles. The summed E-state index contributed by atoms with van der Waals surface area (Å²) in [6, 6.07) is 22.6. The smallest absolute Gasteiger partial charge is 0.00137 e. The predicted octanol–water partition coefficient (Wildman–Crippen LogP) is 6.50. The van der Waals surface area contributed by atoms with Crippen LogP contribution in [0, 0.1) is 13.8 Å². The molecule has 0 fully saturated rings. The first-order valence-electron chi connectivity index (χ1n) is 9.37. The zero-order chi connectivity index (χ0) is 17.7. The molecule has 126 valence electrons. The zero-order valence-electron chi connectivity index (χ0n) is 15.3. The maximum Gasteiger partial charge on any atom is -0.00137 e. The minimum atomic E-state index is 1.04. The van der Waals surface area contributed by atoms with Crippen LogP contribution in [0.2, 0.25) is 0 Å². The van der Waals surface area contributed by atoms with E-state index in [4.69, 9.17) is 0 Å². The van der Waals surface area contributed by atoms with Crippen molar-refractivity contribution in [3.63, 3.8) is 0 Å². The summed E-state index contributed by atoms with van der Waals surface area (Å²) in [5, 5.41) is 0. The van der Waals surface area contributed by atoms with Gasteiger partial charge in [-0.25, -0.2) is 0 Å². The first kappa shape index (κ1) is 15.4. The number of hydrogen-bond donors (Lipinski definition) is 0. The molecule has 5 rings (SSSR count). The van der Waals surface area contributed by atoms with Gasteiger partial charge in [0.25, 0.3) is 0 Å². The summed E-state index contributed by atoms with van der Waals surface area (Å²) >= 11 is 0. The van der Waals surface area contributed by atoms with Crippen LogP contribution < -0.4 is 0 Å². The SMILES string of the molecule is Cc1ccc2c(c1)C=C(c1cccc(C3=Cc4cc(C)ccc4C3)c1)C2. The highest BCUT2D eigenvalue weighted by Gasteiger charge is 2.17. The average Bonchev–Trinajstić information content (AvgIpc) is 3.25. The van der Waals surface area contributed by atoms with Crippen LogP contribution >= 0.6 is 0 Å². The Bertz CT molecular complexity index is 1010. The van der Waals surface area contributed by atoms with Gasteiger partial charge in [-0.1, -0.05) is 77.9 Å². The summed E-state index contributed by atoms with van der Waals surface area (Å²) in [5.41, 5.74) is 13.9. The van der Waals surface area contributed by atoms with Crippen LogP contribution in [-0.4, -0.2) is 0 Å². The number of rotatable bonds is 2. The number of hydrogen-bond acceptors (Lipinski definition) is 0. The van der Waals surface area contributed by atoms with Crippen molar-refractivity contribution >= 4 is 23.3 Å². The van der Waals surface area contributed by atoms with E-state index < -0.39 is 0 Å². The molecule has 26 heavy (non-hydrogen) atoms. The molecule has 0 nitrogen and oxygen atoms in total. The highest BCUT2D eigenvalue weighted by atomic mass is 14.2. The molecule has 0 spiro atoms. The molecule has 2 aliphatic rings. The second-order valence-electron chi connectivity index (χ2n) is 7.68. The van der Waals surface area contributed by atoms with E-state index in [1.54, 1.807) is 0 Å². The van der Waals surface area contributed by atoms with Gasteiger partial charge in [0, 0.05) is 0 Å². The van der Waals surface area contributed by atoms with Crippen molar-refractivity contribution in [3.05, 3.63) is 105 Å². The lowest BCUT2D eigenvalue weighted by atomic mass is 9.97. The highest BCUT2D eigenvalue weighted by Crippen LogP contribution is 2.36. The van der Waals surface area contributed by atoms with E-state index >= 15 is 0 Å². The van der Waals surface area contributed by atoms with E-state index in [9.17, 15) is 0 Å². The summed E-state index contributed by atoms with van der Waals surface area (Å²) in [4.78, 5) is 0. The summed E-state index contributed by atoms with van der Waals surface area (Å²) in [5.74, 6) is 0. The maximum atomic E-state index is 2.37. The van der Waals surface area contributed by atoms with E-state index in [1.165, 1.54) is 55.7 Å². The minimum absolute atomic E-state index is 1.04. The lowest BCUT2D eigenvalue weighted by Gasteiger charge is -2.07. The normalized spacial score (nSPS) is 14.7. The molecule has 0 saturated carbocycles. The summed E-state index contributed by atoms with van der Waals surface area (Å²) < 4.78 is 0. The molecule has 2 aliphatic carbocycles. The fraction of sp³-hybridized carbons (Fsp3) is 0.154. The first-order valence-corrected chi connectivity index (χ1v) is 9.37. The second-order valence-corrected chi connectivity index (χ2v) is 7.68. The lowest BCUT2D eigenvalue weighted by Crippen LogP contribution is -1.90. The minimum Gasteiger partial charge on any atom is -0.0611 e. The molecule has 0 amide bonds. The number of aryl methyl sites for hydroxylation is 2. The molecule has 0 unspecified atom stereocenters. The Morgan fingerprint density at radius 2 is 1.08 bits per heavy atom. The number of fused-ring (bicyclic) bond motifs is 2. The molecular weight excluding hydrogens is 312 g/mol. The Balaban J connectivity index is 1.48.